The smallest absolute Gasteiger partial charge is 0.404 e. The lowest BCUT2D eigenvalue weighted by Crippen LogP contribution is -2.65. The number of rotatable bonds is 8. The van der Waals surface area contributed by atoms with Crippen LogP contribution in [0.15, 0.2) is 35.5 Å². The minimum atomic E-state index is -0.577. The largest absolute Gasteiger partial charge is 0.481 e. The lowest BCUT2D eigenvalue weighted by molar-refractivity contribution is -0.199. The number of benzene rings is 1. The summed E-state index contributed by atoms with van der Waals surface area (Å²) in [5.74, 6) is 1.28. The molecule has 2 heterocycles. The maximum Gasteiger partial charge on any atom is 0.481 e. The molecule has 1 aromatic carbocycles. The molecule has 184 valence electrons. The maximum atomic E-state index is 13.2. The molecule has 6 atom stereocenters. The van der Waals surface area contributed by atoms with E-state index in [-0.39, 0.29) is 23.6 Å². The topological polar surface area (TPSA) is 69.2 Å². The minimum Gasteiger partial charge on any atom is -0.404 e. The average Bonchev–Trinajstić information content (AvgIpc) is 3.41. The molecule has 7 heteroatoms. The minimum absolute atomic E-state index is 0.108. The van der Waals surface area contributed by atoms with Crippen LogP contribution in [0, 0.1) is 23.2 Å². The van der Waals surface area contributed by atoms with Gasteiger partial charge in [0.25, 0.3) is 5.91 Å². The molecule has 2 bridgehead atoms. The molecule has 5 aliphatic rings. The Kier molecular flexibility index (Phi) is 6.30. The van der Waals surface area contributed by atoms with E-state index in [0.717, 1.165) is 31.4 Å². The van der Waals surface area contributed by atoms with Gasteiger partial charge in [-0.2, -0.15) is 0 Å². The molecule has 34 heavy (non-hydrogen) atoms. The van der Waals surface area contributed by atoms with Gasteiger partial charge < -0.3 is 19.5 Å². The van der Waals surface area contributed by atoms with E-state index in [4.69, 9.17) is 14.1 Å². The Morgan fingerprint density at radius 3 is 2.65 bits per heavy atom. The molecule has 6 nitrogen and oxygen atoms in total. The second kappa shape index (κ2) is 8.98. The van der Waals surface area contributed by atoms with E-state index in [9.17, 15) is 4.79 Å². The van der Waals surface area contributed by atoms with Crippen LogP contribution in [0.2, 0.25) is 0 Å². The van der Waals surface area contributed by atoms with Gasteiger partial charge in [0.15, 0.2) is 0 Å². The third kappa shape index (κ3) is 4.30. The van der Waals surface area contributed by atoms with Crippen molar-refractivity contribution in [1.29, 1.82) is 0 Å². The predicted octanol–water partition coefficient (Wildman–Crippen LogP) is 4.56. The van der Waals surface area contributed by atoms with E-state index in [1.165, 1.54) is 12.0 Å². The van der Waals surface area contributed by atoms with Crippen LogP contribution in [0.3, 0.4) is 0 Å². The summed E-state index contributed by atoms with van der Waals surface area (Å²) >= 11 is 0. The zero-order valence-corrected chi connectivity index (χ0v) is 21.3. The normalized spacial score (nSPS) is 34.2. The Bertz CT molecular complexity index is 936. The molecule has 4 fully saturated rings. The van der Waals surface area contributed by atoms with Crippen LogP contribution in [0.5, 0.6) is 0 Å². The summed E-state index contributed by atoms with van der Waals surface area (Å²) in [5, 5.41) is 7.43. The molecule has 3 aliphatic carbocycles. The van der Waals surface area contributed by atoms with Crippen molar-refractivity contribution >= 4 is 18.7 Å². The monoisotopic (exact) mass is 466 g/mol. The fourth-order valence-electron chi connectivity index (χ4n) is 6.74. The quantitative estimate of drug-likeness (QED) is 0.571. The Morgan fingerprint density at radius 2 is 1.94 bits per heavy atom. The van der Waals surface area contributed by atoms with Crippen LogP contribution in [-0.4, -0.2) is 42.5 Å². The summed E-state index contributed by atoms with van der Waals surface area (Å²) in [5.41, 5.74) is 2.23. The fourth-order valence-corrected chi connectivity index (χ4v) is 6.74. The highest BCUT2D eigenvalue weighted by molar-refractivity contribution is 6.47. The zero-order valence-electron chi connectivity index (χ0n) is 21.3. The van der Waals surface area contributed by atoms with E-state index in [1.807, 2.05) is 18.2 Å². The van der Waals surface area contributed by atoms with Crippen LogP contribution in [0.1, 0.15) is 72.3 Å². The van der Waals surface area contributed by atoms with E-state index in [0.29, 0.717) is 29.6 Å². The van der Waals surface area contributed by atoms with Gasteiger partial charge in [-0.3, -0.25) is 4.79 Å². The predicted molar refractivity (Wildman–Crippen MR) is 133 cm³/mol. The van der Waals surface area contributed by atoms with Crippen molar-refractivity contribution in [2.75, 3.05) is 0 Å². The Labute approximate surface area is 204 Å². The Morgan fingerprint density at radius 1 is 1.18 bits per heavy atom. The molecule has 1 N–H and O–H groups in total. The van der Waals surface area contributed by atoms with Crippen molar-refractivity contribution in [3.05, 3.63) is 35.9 Å². The van der Waals surface area contributed by atoms with Crippen molar-refractivity contribution < 1.29 is 18.9 Å². The number of hydrogen-bond donors (Lipinski definition) is 1. The van der Waals surface area contributed by atoms with Gasteiger partial charge in [0.05, 0.1) is 23.4 Å². The van der Waals surface area contributed by atoms with Crippen LogP contribution in [-0.2, 0) is 25.4 Å². The number of nitrogens with one attached hydrogen (secondary N) is 1. The molecule has 6 rings (SSSR count). The van der Waals surface area contributed by atoms with Gasteiger partial charge in [0.1, 0.15) is 0 Å². The van der Waals surface area contributed by atoms with Gasteiger partial charge in [-0.1, -0.05) is 63.2 Å². The SMILES string of the molecule is CC(C)C[C@H](NC(=O)C1CC(CCc2ccccc2)=NO1)B1O[C@@H]2C[C@@H]3C[C@@H](C3(C)C)[C@]2(C)O1. The summed E-state index contributed by atoms with van der Waals surface area (Å²) in [6.45, 7) is 11.3. The highest BCUT2D eigenvalue weighted by Gasteiger charge is 2.68. The summed E-state index contributed by atoms with van der Waals surface area (Å²) < 4.78 is 13.2. The van der Waals surface area contributed by atoms with Crippen molar-refractivity contribution in [3.63, 3.8) is 0 Å². The van der Waals surface area contributed by atoms with E-state index in [1.54, 1.807) is 0 Å². The Balaban J connectivity index is 1.18. The Hall–Kier alpha value is -1.86. The van der Waals surface area contributed by atoms with Crippen LogP contribution in [0.4, 0.5) is 0 Å². The average molecular weight is 466 g/mol. The highest BCUT2D eigenvalue weighted by atomic mass is 16.7. The molecule has 0 aromatic heterocycles. The molecule has 1 unspecified atom stereocenters. The van der Waals surface area contributed by atoms with Gasteiger partial charge in [-0.05, 0) is 67.8 Å². The molecular formula is C27H39BN2O4. The van der Waals surface area contributed by atoms with E-state index >= 15 is 0 Å². The zero-order chi connectivity index (χ0) is 24.1. The first kappa shape index (κ1) is 23.9. The third-order valence-electron chi connectivity index (χ3n) is 8.92. The van der Waals surface area contributed by atoms with Crippen molar-refractivity contribution in [2.45, 2.75) is 96.9 Å². The molecule has 1 saturated heterocycles. The maximum absolute atomic E-state index is 13.2. The number of carbonyl (C=O) groups excluding carboxylic acids is 1. The lowest BCUT2D eigenvalue weighted by Gasteiger charge is -2.64. The molecule has 1 amide bonds. The van der Waals surface area contributed by atoms with E-state index in [2.05, 4.69) is 57.2 Å². The summed E-state index contributed by atoms with van der Waals surface area (Å²) in [7, 11) is -0.420. The second-order valence-corrected chi connectivity index (χ2v) is 12.0. The highest BCUT2D eigenvalue weighted by Crippen LogP contribution is 2.65. The summed E-state index contributed by atoms with van der Waals surface area (Å²) in [6.07, 6.45) is 4.83. The third-order valence-corrected chi connectivity index (χ3v) is 8.92. The van der Waals surface area contributed by atoms with Gasteiger partial charge in [-0.25, -0.2) is 0 Å². The van der Waals surface area contributed by atoms with Crippen LogP contribution in [0.25, 0.3) is 0 Å². The van der Waals surface area contributed by atoms with Gasteiger partial charge in [0.2, 0.25) is 6.10 Å². The van der Waals surface area contributed by atoms with Crippen molar-refractivity contribution in [1.82, 2.24) is 5.32 Å². The first-order chi connectivity index (χ1) is 16.2. The summed E-state index contributed by atoms with van der Waals surface area (Å²) in [4.78, 5) is 18.7. The first-order valence-corrected chi connectivity index (χ1v) is 13.1. The van der Waals surface area contributed by atoms with Gasteiger partial charge >= 0.3 is 7.12 Å². The number of aryl methyl sites for hydroxylation is 1. The molecule has 0 spiro atoms. The van der Waals surface area contributed by atoms with Crippen molar-refractivity contribution in [3.8, 4) is 0 Å². The number of carbonyl (C=O) groups is 1. The fraction of sp³-hybridized carbons (Fsp3) is 0.704. The number of hydrogen-bond acceptors (Lipinski definition) is 5. The number of oxime groups is 1. The first-order valence-electron chi connectivity index (χ1n) is 13.1. The molecule has 1 aromatic rings. The number of nitrogens with zero attached hydrogens (tertiary/aromatic N) is 1. The standard InChI is InChI=1S/C27H39BN2O4/c1-17(2)13-24(28-32-23-15-19-14-22(26(19,3)4)27(23,5)34-28)29-25(31)21-16-20(30-33-21)12-11-18-9-7-6-8-10-18/h6-10,17,19,21-24H,11-16H2,1-5H3,(H,29,31)/t19-,21?,22-,23+,24-,27-/m0/s1. The molecular weight excluding hydrogens is 427 g/mol. The van der Waals surface area contributed by atoms with Crippen LogP contribution >= 0.6 is 0 Å². The number of amides is 1. The lowest BCUT2D eigenvalue weighted by atomic mass is 9.43. The van der Waals surface area contributed by atoms with Crippen LogP contribution < -0.4 is 5.32 Å². The van der Waals surface area contributed by atoms with Gasteiger partial charge in [-0.15, -0.1) is 0 Å². The molecule has 2 aliphatic heterocycles. The molecule has 3 saturated carbocycles. The van der Waals surface area contributed by atoms with Gasteiger partial charge in [0, 0.05) is 6.42 Å². The van der Waals surface area contributed by atoms with E-state index < -0.39 is 13.2 Å². The molecule has 0 radical (unpaired) electrons. The van der Waals surface area contributed by atoms with Crippen molar-refractivity contribution in [2.24, 2.45) is 28.3 Å². The summed E-state index contributed by atoms with van der Waals surface area (Å²) in [6, 6.07) is 10.3. The second-order valence-electron chi connectivity index (χ2n) is 12.0.